The average molecular weight is 289 g/mol. The number of hydrogen-bond donors (Lipinski definition) is 3. The van der Waals surface area contributed by atoms with Crippen LogP contribution in [0.2, 0.25) is 0 Å². The predicted molar refractivity (Wildman–Crippen MR) is 74.5 cm³/mol. The Morgan fingerprint density at radius 2 is 2.24 bits per heavy atom. The lowest BCUT2D eigenvalue weighted by atomic mass is 10.1. The van der Waals surface area contributed by atoms with Crippen LogP contribution in [0.1, 0.15) is 10.4 Å². The summed E-state index contributed by atoms with van der Waals surface area (Å²) in [7, 11) is 0. The van der Waals surface area contributed by atoms with Crippen molar-refractivity contribution >= 4 is 28.9 Å². The molecular weight excluding hydrogens is 278 g/mol. The van der Waals surface area contributed by atoms with Crippen LogP contribution in [0, 0.1) is 0 Å². The molecule has 0 aliphatic heterocycles. The molecule has 0 aliphatic carbocycles. The van der Waals surface area contributed by atoms with E-state index in [9.17, 15) is 14.4 Å². The van der Waals surface area contributed by atoms with E-state index < -0.39 is 17.6 Å². The summed E-state index contributed by atoms with van der Waals surface area (Å²) in [6, 6.07) is 3.81. The van der Waals surface area contributed by atoms with Gasteiger partial charge >= 0.3 is 12.1 Å². The molecule has 0 aliphatic rings. The van der Waals surface area contributed by atoms with Crippen LogP contribution in [-0.2, 0) is 4.74 Å². The summed E-state index contributed by atoms with van der Waals surface area (Å²) in [4.78, 5) is 40.2. The number of nitrogens with one attached hydrogen (secondary N) is 2. The van der Waals surface area contributed by atoms with Gasteiger partial charge < -0.3 is 14.8 Å². The maximum atomic E-state index is 11.4. The molecule has 0 saturated heterocycles. The van der Waals surface area contributed by atoms with Crippen molar-refractivity contribution in [1.82, 2.24) is 9.97 Å². The van der Waals surface area contributed by atoms with E-state index in [0.29, 0.717) is 0 Å². The summed E-state index contributed by atoms with van der Waals surface area (Å²) in [5, 5.41) is 11.6. The number of fused-ring (bicyclic) bond motifs is 1. The van der Waals surface area contributed by atoms with Crippen molar-refractivity contribution in [2.75, 3.05) is 11.9 Å². The van der Waals surface area contributed by atoms with Crippen LogP contribution in [0.4, 0.5) is 10.6 Å². The molecule has 0 fully saturated rings. The number of aromatic amines is 1. The molecule has 2 heterocycles. The molecule has 21 heavy (non-hydrogen) atoms. The van der Waals surface area contributed by atoms with Gasteiger partial charge in [0.15, 0.2) is 0 Å². The molecule has 8 heteroatoms. The van der Waals surface area contributed by atoms with Gasteiger partial charge in [0.2, 0.25) is 5.56 Å². The number of H-pyrrole nitrogens is 1. The van der Waals surface area contributed by atoms with Crippen LogP contribution >= 0.6 is 0 Å². The zero-order valence-corrected chi connectivity index (χ0v) is 10.8. The first-order chi connectivity index (χ1) is 10.0. The maximum Gasteiger partial charge on any atom is 0.413 e. The van der Waals surface area contributed by atoms with Gasteiger partial charge in [0.05, 0.1) is 5.56 Å². The van der Waals surface area contributed by atoms with Crippen molar-refractivity contribution in [3.63, 3.8) is 0 Å². The number of anilines is 1. The van der Waals surface area contributed by atoms with Gasteiger partial charge in [0.25, 0.3) is 0 Å². The van der Waals surface area contributed by atoms with Crippen LogP contribution in [0.15, 0.2) is 35.6 Å². The largest absolute Gasteiger partial charge is 0.478 e. The van der Waals surface area contributed by atoms with E-state index in [2.05, 4.69) is 21.9 Å². The smallest absolute Gasteiger partial charge is 0.413 e. The number of aromatic nitrogens is 2. The summed E-state index contributed by atoms with van der Waals surface area (Å²) < 4.78 is 4.72. The van der Waals surface area contributed by atoms with E-state index >= 15 is 0 Å². The molecule has 1 amide bonds. The number of carbonyl (C=O) groups is 2. The minimum Gasteiger partial charge on any atom is -0.478 e. The Hall–Kier alpha value is -3.16. The fourth-order valence-corrected chi connectivity index (χ4v) is 1.66. The molecule has 0 atom stereocenters. The quantitative estimate of drug-likeness (QED) is 0.730. The lowest BCUT2D eigenvalue weighted by Gasteiger charge is -2.06. The van der Waals surface area contributed by atoms with Gasteiger partial charge in [-0.25, -0.2) is 14.6 Å². The molecule has 8 nitrogen and oxygen atoms in total. The first kappa shape index (κ1) is 14.3. The minimum absolute atomic E-state index is 0.0411. The Balaban J connectivity index is 2.38. The van der Waals surface area contributed by atoms with Crippen molar-refractivity contribution in [1.29, 1.82) is 0 Å². The summed E-state index contributed by atoms with van der Waals surface area (Å²) in [6.45, 7) is 3.44. The molecule has 3 N–H and O–H groups in total. The summed E-state index contributed by atoms with van der Waals surface area (Å²) >= 11 is 0. The fourth-order valence-electron chi connectivity index (χ4n) is 1.66. The van der Waals surface area contributed by atoms with Crippen LogP contribution < -0.4 is 10.9 Å². The first-order valence-electron chi connectivity index (χ1n) is 5.83. The second-order valence-electron chi connectivity index (χ2n) is 3.96. The number of carbonyl (C=O) groups excluding carboxylic acids is 1. The third-order valence-corrected chi connectivity index (χ3v) is 2.50. The van der Waals surface area contributed by atoms with Crippen molar-refractivity contribution in [2.45, 2.75) is 0 Å². The Bertz CT molecular complexity index is 781. The highest BCUT2D eigenvalue weighted by Crippen LogP contribution is 2.16. The Morgan fingerprint density at radius 1 is 1.48 bits per heavy atom. The van der Waals surface area contributed by atoms with Gasteiger partial charge in [0, 0.05) is 11.5 Å². The Labute approximate surface area is 118 Å². The van der Waals surface area contributed by atoms with Crippen LogP contribution in [0.3, 0.4) is 0 Å². The van der Waals surface area contributed by atoms with E-state index in [4.69, 9.17) is 9.84 Å². The standard InChI is InChI=1S/C13H11N3O5/c1-2-5-21-13(20)15-9-4-3-7-8(12(18)19)6-10(17)16-11(7)14-9/h2-4,6H,1,5H2,(H,18,19)(H2,14,15,16,17,20). The minimum atomic E-state index is -1.24. The van der Waals surface area contributed by atoms with Gasteiger partial charge in [-0.1, -0.05) is 12.7 Å². The zero-order valence-electron chi connectivity index (χ0n) is 10.8. The Morgan fingerprint density at radius 3 is 2.90 bits per heavy atom. The third-order valence-electron chi connectivity index (χ3n) is 2.50. The van der Waals surface area contributed by atoms with E-state index in [1.54, 1.807) is 0 Å². The van der Waals surface area contributed by atoms with E-state index in [1.165, 1.54) is 18.2 Å². The van der Waals surface area contributed by atoms with E-state index in [-0.39, 0.29) is 29.0 Å². The number of nitrogens with zero attached hydrogens (tertiary/aromatic N) is 1. The van der Waals surface area contributed by atoms with Gasteiger partial charge in [-0.3, -0.25) is 10.1 Å². The second kappa shape index (κ2) is 5.87. The number of carboxylic acid groups (broad SMARTS) is 1. The topological polar surface area (TPSA) is 121 Å². The van der Waals surface area contributed by atoms with E-state index in [1.807, 2.05) is 0 Å². The molecule has 0 aromatic carbocycles. The van der Waals surface area contributed by atoms with Gasteiger partial charge in [-0.2, -0.15) is 0 Å². The highest BCUT2D eigenvalue weighted by Gasteiger charge is 2.12. The van der Waals surface area contributed by atoms with Crippen molar-refractivity contribution < 1.29 is 19.4 Å². The molecule has 108 valence electrons. The van der Waals surface area contributed by atoms with Crippen molar-refractivity contribution in [3.05, 3.63) is 46.8 Å². The number of aromatic carboxylic acids is 1. The van der Waals surface area contributed by atoms with Gasteiger partial charge in [0.1, 0.15) is 18.1 Å². The SMILES string of the molecule is C=CCOC(=O)Nc1ccc2c(C(=O)O)cc(=O)[nH]c2n1. The monoisotopic (exact) mass is 289 g/mol. The molecule has 0 radical (unpaired) electrons. The molecule has 2 aromatic heterocycles. The number of carboxylic acids is 1. The lowest BCUT2D eigenvalue weighted by molar-refractivity contribution is 0.0698. The van der Waals surface area contributed by atoms with E-state index in [0.717, 1.165) is 6.07 Å². The molecule has 0 unspecified atom stereocenters. The van der Waals surface area contributed by atoms with Crippen LogP contribution in [0.5, 0.6) is 0 Å². The molecule has 0 spiro atoms. The second-order valence-corrected chi connectivity index (χ2v) is 3.96. The predicted octanol–water partition coefficient (Wildman–Crippen LogP) is 1.36. The average Bonchev–Trinajstić information content (AvgIpc) is 2.43. The maximum absolute atomic E-state index is 11.4. The normalized spacial score (nSPS) is 10.1. The zero-order chi connectivity index (χ0) is 15.4. The molecule has 0 saturated carbocycles. The summed E-state index contributed by atoms with van der Waals surface area (Å²) in [5.74, 6) is -1.12. The summed E-state index contributed by atoms with van der Waals surface area (Å²) in [5.41, 5.74) is -0.706. The highest BCUT2D eigenvalue weighted by molar-refractivity contribution is 6.01. The van der Waals surface area contributed by atoms with Crippen LogP contribution in [0.25, 0.3) is 11.0 Å². The summed E-state index contributed by atoms with van der Waals surface area (Å²) in [6.07, 6.45) is 0.669. The molecule has 2 aromatic rings. The first-order valence-corrected chi connectivity index (χ1v) is 5.83. The molecular formula is C13H11N3O5. The number of pyridine rings is 2. The molecule has 2 rings (SSSR count). The van der Waals surface area contributed by atoms with Gasteiger partial charge in [-0.05, 0) is 12.1 Å². The third kappa shape index (κ3) is 3.24. The van der Waals surface area contributed by atoms with Crippen molar-refractivity contribution in [3.8, 4) is 0 Å². The van der Waals surface area contributed by atoms with Gasteiger partial charge in [-0.15, -0.1) is 0 Å². The number of ether oxygens (including phenoxy) is 1. The highest BCUT2D eigenvalue weighted by atomic mass is 16.5. The lowest BCUT2D eigenvalue weighted by Crippen LogP contribution is -2.16. The van der Waals surface area contributed by atoms with Crippen molar-refractivity contribution in [2.24, 2.45) is 0 Å². The van der Waals surface area contributed by atoms with Crippen LogP contribution in [-0.4, -0.2) is 33.7 Å². The molecule has 0 bridgehead atoms. The number of rotatable bonds is 4. The number of amides is 1. The Kier molecular flexibility index (Phi) is 3.98. The number of hydrogen-bond acceptors (Lipinski definition) is 5. The fraction of sp³-hybridized carbons (Fsp3) is 0.0769.